The van der Waals surface area contributed by atoms with E-state index in [9.17, 15) is 0 Å². The van der Waals surface area contributed by atoms with Gasteiger partial charge in [-0.15, -0.1) is 11.3 Å². The van der Waals surface area contributed by atoms with Gasteiger partial charge in [0.25, 0.3) is 0 Å². The van der Waals surface area contributed by atoms with Crippen molar-refractivity contribution in [2.75, 3.05) is 0 Å². The zero-order valence-electron chi connectivity index (χ0n) is 10.5. The van der Waals surface area contributed by atoms with Crippen LogP contribution in [-0.4, -0.2) is 4.98 Å². The van der Waals surface area contributed by atoms with Gasteiger partial charge in [-0.3, -0.25) is 0 Å². The number of hydrogen-bond acceptors (Lipinski definition) is 3. The molecule has 0 saturated heterocycles. The number of aromatic nitrogens is 1. The molecule has 20 heavy (non-hydrogen) atoms. The summed E-state index contributed by atoms with van der Waals surface area (Å²) in [6, 6.07) is 13.3. The number of para-hydroxylation sites is 1. The molecule has 0 bridgehead atoms. The van der Waals surface area contributed by atoms with E-state index in [0.29, 0.717) is 16.5 Å². The second kappa shape index (κ2) is 5.70. The largest absolute Gasteiger partial charge is 0.322 e. The zero-order chi connectivity index (χ0) is 14.1. The number of halogens is 2. The van der Waals surface area contributed by atoms with Crippen LogP contribution in [0.1, 0.15) is 16.6 Å². The van der Waals surface area contributed by atoms with E-state index >= 15 is 0 Å². The number of benzene rings is 2. The van der Waals surface area contributed by atoms with Gasteiger partial charge in [-0.25, -0.2) is 4.98 Å². The topological polar surface area (TPSA) is 38.9 Å². The lowest BCUT2D eigenvalue weighted by atomic mass is 10.1. The van der Waals surface area contributed by atoms with Crippen molar-refractivity contribution in [3.05, 3.63) is 63.1 Å². The SMILES string of the molecule is NC(Cc1c(Cl)cccc1Cl)c1nc2ccccc2s1. The summed E-state index contributed by atoms with van der Waals surface area (Å²) >= 11 is 14.0. The second-order valence-corrected chi connectivity index (χ2v) is 6.41. The van der Waals surface area contributed by atoms with Gasteiger partial charge in [-0.1, -0.05) is 41.4 Å². The molecule has 2 aromatic carbocycles. The molecule has 0 spiro atoms. The molecule has 2 nitrogen and oxygen atoms in total. The van der Waals surface area contributed by atoms with Crippen molar-refractivity contribution >= 4 is 44.8 Å². The molecule has 102 valence electrons. The third-order valence-electron chi connectivity index (χ3n) is 3.11. The van der Waals surface area contributed by atoms with Crippen LogP contribution in [-0.2, 0) is 6.42 Å². The Bertz CT molecular complexity index is 701. The molecule has 0 aliphatic rings. The third kappa shape index (κ3) is 2.67. The van der Waals surface area contributed by atoms with E-state index in [1.807, 2.05) is 42.5 Å². The van der Waals surface area contributed by atoms with Crippen molar-refractivity contribution in [3.8, 4) is 0 Å². The van der Waals surface area contributed by atoms with Crippen molar-refractivity contribution < 1.29 is 0 Å². The Morgan fingerprint density at radius 3 is 2.45 bits per heavy atom. The minimum absolute atomic E-state index is 0.204. The summed E-state index contributed by atoms with van der Waals surface area (Å²) in [5.74, 6) is 0. The Morgan fingerprint density at radius 2 is 1.75 bits per heavy atom. The fourth-order valence-corrected chi connectivity index (χ4v) is 3.60. The number of hydrogen-bond donors (Lipinski definition) is 1. The molecule has 1 atom stereocenters. The highest BCUT2D eigenvalue weighted by Gasteiger charge is 2.16. The lowest BCUT2D eigenvalue weighted by Gasteiger charge is -2.11. The van der Waals surface area contributed by atoms with E-state index in [1.54, 1.807) is 11.3 Å². The Balaban J connectivity index is 1.91. The predicted octanol–water partition coefficient (Wildman–Crippen LogP) is 4.85. The molecule has 3 rings (SSSR count). The quantitative estimate of drug-likeness (QED) is 0.748. The van der Waals surface area contributed by atoms with Crippen LogP contribution in [0.3, 0.4) is 0 Å². The van der Waals surface area contributed by atoms with E-state index in [4.69, 9.17) is 28.9 Å². The Kier molecular flexibility index (Phi) is 3.94. The van der Waals surface area contributed by atoms with E-state index < -0.39 is 0 Å². The van der Waals surface area contributed by atoms with Gasteiger partial charge in [0.1, 0.15) is 5.01 Å². The van der Waals surface area contributed by atoms with Gasteiger partial charge in [-0.05, 0) is 36.2 Å². The maximum atomic E-state index is 6.26. The normalized spacial score (nSPS) is 12.8. The molecule has 0 aliphatic carbocycles. The summed E-state index contributed by atoms with van der Waals surface area (Å²) < 4.78 is 1.14. The van der Waals surface area contributed by atoms with E-state index in [-0.39, 0.29) is 6.04 Å². The summed E-state index contributed by atoms with van der Waals surface area (Å²) in [7, 11) is 0. The van der Waals surface area contributed by atoms with Gasteiger partial charge in [0.05, 0.1) is 16.3 Å². The van der Waals surface area contributed by atoms with Gasteiger partial charge < -0.3 is 5.73 Å². The molecule has 0 amide bonds. The molecule has 1 aromatic heterocycles. The van der Waals surface area contributed by atoms with Crippen LogP contribution < -0.4 is 5.73 Å². The number of rotatable bonds is 3. The lowest BCUT2D eigenvalue weighted by molar-refractivity contribution is 0.717. The lowest BCUT2D eigenvalue weighted by Crippen LogP contribution is -2.13. The highest BCUT2D eigenvalue weighted by Crippen LogP contribution is 2.31. The average molecular weight is 323 g/mol. The number of thiazole rings is 1. The molecule has 0 fully saturated rings. The molecule has 5 heteroatoms. The summed E-state index contributed by atoms with van der Waals surface area (Å²) in [6.45, 7) is 0. The average Bonchev–Trinajstić information content (AvgIpc) is 2.87. The predicted molar refractivity (Wildman–Crippen MR) is 86.7 cm³/mol. The highest BCUT2D eigenvalue weighted by molar-refractivity contribution is 7.18. The van der Waals surface area contributed by atoms with Crippen molar-refractivity contribution in [2.45, 2.75) is 12.5 Å². The van der Waals surface area contributed by atoms with Crippen molar-refractivity contribution in [3.63, 3.8) is 0 Å². The van der Waals surface area contributed by atoms with Crippen LogP contribution in [0.25, 0.3) is 10.2 Å². The van der Waals surface area contributed by atoms with Crippen LogP contribution in [0, 0.1) is 0 Å². The van der Waals surface area contributed by atoms with Gasteiger partial charge in [-0.2, -0.15) is 0 Å². The monoisotopic (exact) mass is 322 g/mol. The second-order valence-electron chi connectivity index (χ2n) is 4.53. The Labute approximate surface area is 131 Å². The summed E-state index contributed by atoms with van der Waals surface area (Å²) in [5, 5.41) is 2.20. The zero-order valence-corrected chi connectivity index (χ0v) is 12.8. The fourth-order valence-electron chi connectivity index (χ4n) is 2.08. The summed E-state index contributed by atoms with van der Waals surface area (Å²) in [5.41, 5.74) is 8.12. The summed E-state index contributed by atoms with van der Waals surface area (Å²) in [6.07, 6.45) is 0.582. The maximum absolute atomic E-state index is 6.26. The molecule has 0 aliphatic heterocycles. The first kappa shape index (κ1) is 13.8. The standard InChI is InChI=1S/C15H12Cl2N2S/c16-10-4-3-5-11(17)9(10)8-12(18)15-19-13-6-1-2-7-14(13)20-15/h1-7,12H,8,18H2. The van der Waals surface area contributed by atoms with Gasteiger partial charge in [0, 0.05) is 10.0 Å². The smallest absolute Gasteiger partial charge is 0.111 e. The first-order chi connectivity index (χ1) is 9.65. The van der Waals surface area contributed by atoms with Crippen molar-refractivity contribution in [2.24, 2.45) is 5.73 Å². The van der Waals surface area contributed by atoms with E-state index in [1.165, 1.54) is 0 Å². The van der Waals surface area contributed by atoms with Crippen molar-refractivity contribution in [1.29, 1.82) is 0 Å². The Hall–Kier alpha value is -1.13. The molecule has 1 heterocycles. The van der Waals surface area contributed by atoms with Gasteiger partial charge >= 0.3 is 0 Å². The summed E-state index contributed by atoms with van der Waals surface area (Å²) in [4.78, 5) is 4.58. The molecule has 3 aromatic rings. The third-order valence-corrected chi connectivity index (χ3v) is 4.99. The number of nitrogens with two attached hydrogens (primary N) is 1. The number of fused-ring (bicyclic) bond motifs is 1. The number of nitrogens with zero attached hydrogens (tertiary/aromatic N) is 1. The van der Waals surface area contributed by atoms with E-state index in [0.717, 1.165) is 20.8 Å². The fraction of sp³-hybridized carbons (Fsp3) is 0.133. The van der Waals surface area contributed by atoms with E-state index in [2.05, 4.69) is 4.98 Å². The molecular formula is C15H12Cl2N2S. The van der Waals surface area contributed by atoms with Crippen LogP contribution in [0.4, 0.5) is 0 Å². The minimum atomic E-state index is -0.204. The maximum Gasteiger partial charge on any atom is 0.111 e. The van der Waals surface area contributed by atoms with Gasteiger partial charge in [0.15, 0.2) is 0 Å². The first-order valence-corrected chi connectivity index (χ1v) is 7.76. The molecule has 2 N–H and O–H groups in total. The first-order valence-electron chi connectivity index (χ1n) is 6.19. The Morgan fingerprint density at radius 1 is 1.05 bits per heavy atom. The van der Waals surface area contributed by atoms with Crippen LogP contribution >= 0.6 is 34.5 Å². The highest BCUT2D eigenvalue weighted by atomic mass is 35.5. The van der Waals surface area contributed by atoms with Gasteiger partial charge in [0.2, 0.25) is 0 Å². The van der Waals surface area contributed by atoms with Crippen LogP contribution in [0.2, 0.25) is 10.0 Å². The molecule has 0 saturated carbocycles. The van der Waals surface area contributed by atoms with Crippen LogP contribution in [0.5, 0.6) is 0 Å². The molecule has 0 radical (unpaired) electrons. The van der Waals surface area contributed by atoms with Crippen LogP contribution in [0.15, 0.2) is 42.5 Å². The molecular weight excluding hydrogens is 311 g/mol. The minimum Gasteiger partial charge on any atom is -0.322 e. The van der Waals surface area contributed by atoms with Crippen molar-refractivity contribution in [1.82, 2.24) is 4.98 Å². The molecule has 1 unspecified atom stereocenters.